The number of hydrogen-bond donors (Lipinski definition) is 1. The summed E-state index contributed by atoms with van der Waals surface area (Å²) in [5.74, 6) is -0.485. The van der Waals surface area contributed by atoms with Crippen LogP contribution in [0.3, 0.4) is 0 Å². The second-order valence-electron chi connectivity index (χ2n) is 4.74. The number of ether oxygens (including phenoxy) is 2. The van der Waals surface area contributed by atoms with Crippen molar-refractivity contribution in [1.82, 2.24) is 0 Å². The van der Waals surface area contributed by atoms with Crippen LogP contribution in [0.1, 0.15) is 10.4 Å². The summed E-state index contributed by atoms with van der Waals surface area (Å²) in [4.78, 5) is 33.1. The van der Waals surface area contributed by atoms with Gasteiger partial charge in [0.05, 0.1) is 30.1 Å². The van der Waals surface area contributed by atoms with E-state index in [2.05, 4.69) is 5.32 Å². The van der Waals surface area contributed by atoms with Crippen LogP contribution in [-0.2, 0) is 0 Å². The van der Waals surface area contributed by atoms with Gasteiger partial charge in [-0.3, -0.25) is 25.0 Å². The van der Waals surface area contributed by atoms with E-state index in [0.29, 0.717) is 0 Å². The predicted octanol–water partition coefficient (Wildman–Crippen LogP) is 2.77. The summed E-state index contributed by atoms with van der Waals surface area (Å²) in [6.07, 6.45) is 0. The molecule has 2 aromatic rings. The van der Waals surface area contributed by atoms with Crippen molar-refractivity contribution in [2.45, 2.75) is 0 Å². The molecule has 10 heteroatoms. The van der Waals surface area contributed by atoms with Crippen molar-refractivity contribution in [3.05, 3.63) is 62.2 Å². The van der Waals surface area contributed by atoms with Crippen LogP contribution in [0.5, 0.6) is 11.5 Å². The van der Waals surface area contributed by atoms with Gasteiger partial charge in [-0.2, -0.15) is 0 Å². The number of rotatable bonds is 6. The van der Waals surface area contributed by atoms with Gasteiger partial charge in [-0.1, -0.05) is 0 Å². The van der Waals surface area contributed by atoms with Gasteiger partial charge in [0.1, 0.15) is 11.4 Å². The van der Waals surface area contributed by atoms with E-state index < -0.39 is 15.8 Å². The van der Waals surface area contributed by atoms with Crippen molar-refractivity contribution in [3.8, 4) is 11.5 Å². The fraction of sp³-hybridized carbons (Fsp3) is 0.133. The number of nitro benzene ring substituents is 2. The van der Waals surface area contributed by atoms with Gasteiger partial charge in [0.25, 0.3) is 11.6 Å². The van der Waals surface area contributed by atoms with Crippen LogP contribution in [0, 0.1) is 20.2 Å². The van der Waals surface area contributed by atoms with Gasteiger partial charge in [0.15, 0.2) is 5.75 Å². The number of methoxy groups -OCH3 is 2. The number of hydrogen-bond acceptors (Lipinski definition) is 7. The molecule has 2 rings (SSSR count). The van der Waals surface area contributed by atoms with E-state index in [0.717, 1.165) is 12.1 Å². The van der Waals surface area contributed by atoms with Crippen LogP contribution in [0.25, 0.3) is 0 Å². The van der Waals surface area contributed by atoms with E-state index in [1.807, 2.05) is 0 Å². The van der Waals surface area contributed by atoms with Crippen LogP contribution >= 0.6 is 0 Å². The fourth-order valence-corrected chi connectivity index (χ4v) is 2.06. The third-order valence-corrected chi connectivity index (χ3v) is 3.29. The number of nitro groups is 2. The Morgan fingerprint density at radius 1 is 0.960 bits per heavy atom. The number of nitrogens with zero attached hydrogens (tertiary/aromatic N) is 2. The summed E-state index contributed by atoms with van der Waals surface area (Å²) >= 11 is 0. The maximum Gasteiger partial charge on any atom is 0.311 e. The standard InChI is InChI=1S/C15H13N3O7/c1-24-10-4-5-11(12(8-10)17(20)21)16-15(19)9-3-6-14(25-2)13(7-9)18(22)23/h3-8H,1-2H3,(H,16,19). The molecule has 1 N–H and O–H groups in total. The van der Waals surface area contributed by atoms with Gasteiger partial charge in [-0.25, -0.2) is 0 Å². The minimum Gasteiger partial charge on any atom is -0.496 e. The second-order valence-corrected chi connectivity index (χ2v) is 4.74. The van der Waals surface area contributed by atoms with Crippen molar-refractivity contribution >= 4 is 23.0 Å². The van der Waals surface area contributed by atoms with Crippen molar-refractivity contribution < 1.29 is 24.1 Å². The molecule has 1 amide bonds. The number of carbonyl (C=O) groups excluding carboxylic acids is 1. The zero-order valence-corrected chi connectivity index (χ0v) is 13.2. The number of carbonyl (C=O) groups is 1. The average molecular weight is 347 g/mol. The highest BCUT2D eigenvalue weighted by atomic mass is 16.6. The van der Waals surface area contributed by atoms with Crippen LogP contribution in [0.4, 0.5) is 17.1 Å². The molecule has 0 aliphatic carbocycles. The summed E-state index contributed by atoms with van der Waals surface area (Å²) in [5.41, 5.74) is -0.859. The summed E-state index contributed by atoms with van der Waals surface area (Å²) in [6.45, 7) is 0. The van der Waals surface area contributed by atoms with Crippen LogP contribution < -0.4 is 14.8 Å². The van der Waals surface area contributed by atoms with Crippen LogP contribution in [0.2, 0.25) is 0 Å². The number of anilines is 1. The maximum absolute atomic E-state index is 12.3. The summed E-state index contributed by atoms with van der Waals surface area (Å²) in [6, 6.07) is 7.54. The molecule has 130 valence electrons. The minimum atomic E-state index is -0.737. The van der Waals surface area contributed by atoms with E-state index in [9.17, 15) is 25.0 Å². The second kappa shape index (κ2) is 7.25. The summed E-state index contributed by atoms with van der Waals surface area (Å²) in [5, 5.41) is 24.5. The molecule has 0 aromatic heterocycles. The lowest BCUT2D eigenvalue weighted by atomic mass is 10.1. The van der Waals surface area contributed by atoms with E-state index in [4.69, 9.17) is 9.47 Å². The third kappa shape index (κ3) is 3.80. The SMILES string of the molecule is COc1ccc(NC(=O)c2ccc(OC)c([N+](=O)[O-])c2)c([N+](=O)[O-])c1. The monoisotopic (exact) mass is 347 g/mol. The first-order chi connectivity index (χ1) is 11.9. The smallest absolute Gasteiger partial charge is 0.311 e. The van der Waals surface area contributed by atoms with Crippen molar-refractivity contribution in [1.29, 1.82) is 0 Å². The van der Waals surface area contributed by atoms with Gasteiger partial charge in [0.2, 0.25) is 0 Å². The Kier molecular flexibility index (Phi) is 5.12. The Morgan fingerprint density at radius 3 is 2.20 bits per heavy atom. The molecule has 0 unspecified atom stereocenters. The van der Waals surface area contributed by atoms with Crippen molar-refractivity contribution in [2.24, 2.45) is 0 Å². The van der Waals surface area contributed by atoms with E-state index in [1.165, 1.54) is 38.5 Å². The molecule has 25 heavy (non-hydrogen) atoms. The first-order valence-corrected chi connectivity index (χ1v) is 6.83. The first kappa shape index (κ1) is 17.7. The minimum absolute atomic E-state index is 0.00280. The quantitative estimate of drug-likeness (QED) is 0.627. The van der Waals surface area contributed by atoms with Crippen LogP contribution in [0.15, 0.2) is 36.4 Å². The van der Waals surface area contributed by atoms with Crippen molar-refractivity contribution in [3.63, 3.8) is 0 Å². The maximum atomic E-state index is 12.3. The first-order valence-electron chi connectivity index (χ1n) is 6.83. The average Bonchev–Trinajstić information content (AvgIpc) is 2.61. The molecule has 2 aromatic carbocycles. The molecule has 0 saturated carbocycles. The molecule has 0 saturated heterocycles. The predicted molar refractivity (Wildman–Crippen MR) is 87.3 cm³/mol. The molecule has 0 radical (unpaired) electrons. The van der Waals surface area contributed by atoms with E-state index >= 15 is 0 Å². The van der Waals surface area contributed by atoms with Gasteiger partial charge >= 0.3 is 5.69 Å². The largest absolute Gasteiger partial charge is 0.496 e. The Hall–Kier alpha value is -3.69. The van der Waals surface area contributed by atoms with Gasteiger partial charge in [-0.05, 0) is 24.3 Å². The highest BCUT2D eigenvalue weighted by Crippen LogP contribution is 2.31. The molecule has 0 aliphatic rings. The zero-order valence-electron chi connectivity index (χ0n) is 13.2. The normalized spacial score (nSPS) is 10.0. The molecule has 0 atom stereocenters. The number of nitrogens with one attached hydrogen (secondary N) is 1. The van der Waals surface area contributed by atoms with E-state index in [1.54, 1.807) is 0 Å². The van der Waals surface area contributed by atoms with Crippen molar-refractivity contribution in [2.75, 3.05) is 19.5 Å². The molecule has 10 nitrogen and oxygen atoms in total. The molecule has 0 bridgehead atoms. The molecular formula is C15H13N3O7. The number of benzene rings is 2. The topological polar surface area (TPSA) is 134 Å². The lowest BCUT2D eigenvalue weighted by Gasteiger charge is -2.08. The highest BCUT2D eigenvalue weighted by Gasteiger charge is 2.21. The number of amides is 1. The van der Waals surface area contributed by atoms with E-state index in [-0.39, 0.29) is 34.1 Å². The fourth-order valence-electron chi connectivity index (χ4n) is 2.06. The Balaban J connectivity index is 2.36. The molecule has 0 fully saturated rings. The van der Waals surface area contributed by atoms with Crippen LogP contribution in [-0.4, -0.2) is 30.0 Å². The Morgan fingerprint density at radius 2 is 1.64 bits per heavy atom. The summed E-state index contributed by atoms with van der Waals surface area (Å²) in [7, 11) is 2.62. The third-order valence-electron chi connectivity index (χ3n) is 3.29. The Bertz CT molecular complexity index is 851. The van der Waals surface area contributed by atoms with Gasteiger partial charge < -0.3 is 14.8 Å². The lowest BCUT2D eigenvalue weighted by molar-refractivity contribution is -0.385. The van der Waals surface area contributed by atoms with Gasteiger partial charge in [0, 0.05) is 11.6 Å². The summed E-state index contributed by atoms with van der Waals surface area (Å²) < 4.78 is 9.77. The Labute approximate surface area is 141 Å². The zero-order chi connectivity index (χ0) is 18.6. The molecular weight excluding hydrogens is 334 g/mol. The lowest BCUT2D eigenvalue weighted by Crippen LogP contribution is -2.13. The van der Waals surface area contributed by atoms with Gasteiger partial charge in [-0.15, -0.1) is 0 Å². The molecule has 0 heterocycles. The molecule has 0 spiro atoms. The highest BCUT2D eigenvalue weighted by molar-refractivity contribution is 6.06. The molecule has 0 aliphatic heterocycles.